The van der Waals surface area contributed by atoms with Crippen molar-refractivity contribution in [3.63, 3.8) is 0 Å². The van der Waals surface area contributed by atoms with E-state index in [-0.39, 0.29) is 29.8 Å². The van der Waals surface area contributed by atoms with E-state index in [9.17, 15) is 19.2 Å². The van der Waals surface area contributed by atoms with Gasteiger partial charge in [0.05, 0.1) is 33.1 Å². The van der Waals surface area contributed by atoms with Gasteiger partial charge in [-0.05, 0) is 85.4 Å². The van der Waals surface area contributed by atoms with E-state index in [0.717, 1.165) is 42.4 Å². The van der Waals surface area contributed by atoms with Crippen molar-refractivity contribution in [2.24, 2.45) is 0 Å². The van der Waals surface area contributed by atoms with Gasteiger partial charge in [-0.15, -0.1) is 0 Å². The molecule has 3 N–H and O–H groups in total. The van der Waals surface area contributed by atoms with Crippen LogP contribution < -0.4 is 35.6 Å². The number of benzene rings is 2. The number of carbonyl (C=O) groups is 3. The molecule has 0 aliphatic heterocycles. The molecule has 260 valence electrons. The van der Waals surface area contributed by atoms with Crippen LogP contribution >= 0.6 is 0 Å². The predicted molar refractivity (Wildman–Crippen MR) is 186 cm³/mol. The first kappa shape index (κ1) is 35.3. The highest BCUT2D eigenvalue weighted by Crippen LogP contribution is 2.50. The average Bonchev–Trinajstić information content (AvgIpc) is 3.50. The van der Waals surface area contributed by atoms with Crippen LogP contribution in [-0.4, -0.2) is 51.8 Å². The molecule has 0 bridgehead atoms. The molecule has 2 amide bonds. The van der Waals surface area contributed by atoms with Crippen LogP contribution in [0.25, 0.3) is 11.1 Å². The number of methoxy groups -OCH3 is 3. The molecule has 1 fully saturated rings. The molecule has 3 aromatic rings. The SMILES string of the molecule is COc1cc2c(c(OC)c1OC)-c1ccc(NCCCC(=O)N[C@H](C(=O)OC3CCCC3)c3ccccc3)c(=O)cc1[C@@H](NC(C)=O)CC2. The number of rotatable bonds is 13. The number of fused-ring (bicyclic) bond motifs is 3. The van der Waals surface area contributed by atoms with Gasteiger partial charge in [0.1, 0.15) is 6.10 Å². The lowest BCUT2D eigenvalue weighted by Gasteiger charge is -2.20. The zero-order valence-electron chi connectivity index (χ0n) is 28.6. The topological polar surface area (TPSA) is 141 Å². The normalized spacial score (nSPS) is 15.9. The number of ether oxygens (including phenoxy) is 4. The zero-order valence-corrected chi connectivity index (χ0v) is 28.6. The molecular weight excluding hydrogens is 626 g/mol. The molecule has 5 rings (SSSR count). The van der Waals surface area contributed by atoms with Gasteiger partial charge in [-0.2, -0.15) is 0 Å². The molecule has 0 saturated heterocycles. The van der Waals surface area contributed by atoms with Gasteiger partial charge in [0.15, 0.2) is 17.5 Å². The number of carbonyl (C=O) groups excluding carboxylic acids is 3. The van der Waals surface area contributed by atoms with Gasteiger partial charge in [-0.1, -0.05) is 36.4 Å². The Labute approximate surface area is 286 Å². The number of amides is 2. The third-order valence-electron chi connectivity index (χ3n) is 9.07. The highest BCUT2D eigenvalue weighted by molar-refractivity contribution is 5.86. The highest BCUT2D eigenvalue weighted by Gasteiger charge is 2.30. The maximum absolute atomic E-state index is 13.6. The summed E-state index contributed by atoms with van der Waals surface area (Å²) >= 11 is 0. The minimum Gasteiger partial charge on any atom is -0.493 e. The van der Waals surface area contributed by atoms with Crippen molar-refractivity contribution < 1.29 is 33.3 Å². The minimum absolute atomic E-state index is 0.115. The Kier molecular flexibility index (Phi) is 11.8. The number of esters is 1. The van der Waals surface area contributed by atoms with Crippen molar-refractivity contribution in [1.29, 1.82) is 0 Å². The van der Waals surface area contributed by atoms with E-state index < -0.39 is 18.1 Å². The van der Waals surface area contributed by atoms with Gasteiger partial charge in [-0.25, -0.2) is 4.79 Å². The summed E-state index contributed by atoms with van der Waals surface area (Å²) in [6, 6.07) is 14.8. The number of nitrogens with one attached hydrogen (secondary N) is 3. The molecular formula is C38H45N3O8. The fraction of sp³-hybridized carbons (Fsp3) is 0.421. The quantitative estimate of drug-likeness (QED) is 0.161. The Hall–Kier alpha value is -5.06. The number of hydrogen-bond acceptors (Lipinski definition) is 9. The summed E-state index contributed by atoms with van der Waals surface area (Å²) in [6.45, 7) is 1.79. The maximum Gasteiger partial charge on any atom is 0.333 e. The molecule has 11 nitrogen and oxygen atoms in total. The van der Waals surface area contributed by atoms with Gasteiger partial charge >= 0.3 is 5.97 Å². The molecule has 0 unspecified atom stereocenters. The molecule has 1 saturated carbocycles. The number of anilines is 1. The van der Waals surface area contributed by atoms with Crippen LogP contribution in [0.1, 0.15) is 80.6 Å². The third kappa shape index (κ3) is 8.33. The summed E-state index contributed by atoms with van der Waals surface area (Å²) in [6.07, 6.45) is 5.31. The van der Waals surface area contributed by atoms with Crippen LogP contribution in [-0.2, 0) is 25.5 Å². The number of hydrogen-bond donors (Lipinski definition) is 3. The summed E-state index contributed by atoms with van der Waals surface area (Å²) in [5, 5.41) is 9.05. The first-order valence-electron chi connectivity index (χ1n) is 16.8. The van der Waals surface area contributed by atoms with Crippen LogP contribution in [0.2, 0.25) is 0 Å². The van der Waals surface area contributed by atoms with E-state index in [2.05, 4.69) is 16.0 Å². The molecule has 0 radical (unpaired) electrons. The van der Waals surface area contributed by atoms with E-state index in [4.69, 9.17) is 18.9 Å². The number of aryl methyl sites for hydroxylation is 1. The summed E-state index contributed by atoms with van der Waals surface area (Å²) < 4.78 is 22.8. The largest absolute Gasteiger partial charge is 0.493 e. The Balaban J connectivity index is 1.33. The van der Waals surface area contributed by atoms with Crippen molar-refractivity contribution in [3.05, 3.63) is 81.5 Å². The second kappa shape index (κ2) is 16.4. The smallest absolute Gasteiger partial charge is 0.333 e. The van der Waals surface area contributed by atoms with Crippen LogP contribution in [0, 0.1) is 0 Å². The van der Waals surface area contributed by atoms with Crippen molar-refractivity contribution in [1.82, 2.24) is 10.6 Å². The lowest BCUT2D eigenvalue weighted by Crippen LogP contribution is -2.36. The molecule has 0 heterocycles. The first-order chi connectivity index (χ1) is 23.7. The molecule has 2 aliphatic rings. The van der Waals surface area contributed by atoms with Crippen LogP contribution in [0.5, 0.6) is 17.2 Å². The Morgan fingerprint density at radius 2 is 1.63 bits per heavy atom. The van der Waals surface area contributed by atoms with Gasteiger partial charge in [-0.3, -0.25) is 14.4 Å². The van der Waals surface area contributed by atoms with Gasteiger partial charge in [0.25, 0.3) is 0 Å². The van der Waals surface area contributed by atoms with Gasteiger partial charge in [0, 0.05) is 25.5 Å². The maximum atomic E-state index is 13.6. The van der Waals surface area contributed by atoms with Crippen molar-refractivity contribution in [2.45, 2.75) is 76.5 Å². The van der Waals surface area contributed by atoms with Gasteiger partial charge < -0.3 is 34.9 Å². The molecule has 3 aromatic carbocycles. The van der Waals surface area contributed by atoms with Crippen molar-refractivity contribution in [3.8, 4) is 28.4 Å². The fourth-order valence-electron chi connectivity index (χ4n) is 6.72. The summed E-state index contributed by atoms with van der Waals surface area (Å²) in [5.41, 5.74) is 3.83. The zero-order chi connectivity index (χ0) is 34.9. The van der Waals surface area contributed by atoms with Crippen LogP contribution in [0.3, 0.4) is 0 Å². The molecule has 49 heavy (non-hydrogen) atoms. The molecule has 0 spiro atoms. The summed E-state index contributed by atoms with van der Waals surface area (Å²) in [7, 11) is 4.66. The minimum atomic E-state index is -0.894. The summed E-state index contributed by atoms with van der Waals surface area (Å²) in [5.74, 6) is 0.471. The third-order valence-corrected chi connectivity index (χ3v) is 9.07. The lowest BCUT2D eigenvalue weighted by atomic mass is 9.95. The molecule has 2 atom stereocenters. The fourth-order valence-corrected chi connectivity index (χ4v) is 6.72. The van der Waals surface area contributed by atoms with Crippen LogP contribution in [0.4, 0.5) is 5.69 Å². The summed E-state index contributed by atoms with van der Waals surface area (Å²) in [4.78, 5) is 51.9. The van der Waals surface area contributed by atoms with E-state index in [0.29, 0.717) is 59.9 Å². The van der Waals surface area contributed by atoms with Crippen molar-refractivity contribution in [2.75, 3.05) is 33.2 Å². The average molecular weight is 672 g/mol. The van der Waals surface area contributed by atoms with Crippen molar-refractivity contribution >= 4 is 23.5 Å². The Bertz CT molecular complexity index is 1720. The standard InChI is InChI=1S/C38H45N3O8/c1-23(42)40-29-18-16-25-21-32(46-2)36(47-3)37(48-4)34(25)27-17-19-30(31(43)22-28(27)29)39-20-10-15-33(44)41-35(24-11-6-5-7-12-24)38(45)49-26-13-8-9-14-26/h5-7,11-12,17,19,21-22,26,29,35H,8-10,13-16,18,20H2,1-4H3,(H,39,43)(H,40,42)(H,41,44)/t29-,35-/m0/s1. The lowest BCUT2D eigenvalue weighted by molar-refractivity contribution is -0.153. The molecule has 2 aliphatic carbocycles. The van der Waals surface area contributed by atoms with Gasteiger partial charge in [0.2, 0.25) is 23.0 Å². The predicted octanol–water partition coefficient (Wildman–Crippen LogP) is 5.40. The van der Waals surface area contributed by atoms with E-state index in [1.807, 2.05) is 30.3 Å². The Morgan fingerprint density at radius 1 is 0.898 bits per heavy atom. The molecule has 0 aromatic heterocycles. The first-order valence-corrected chi connectivity index (χ1v) is 16.8. The van der Waals surface area contributed by atoms with E-state index >= 15 is 0 Å². The van der Waals surface area contributed by atoms with E-state index in [1.165, 1.54) is 14.0 Å². The molecule has 11 heteroatoms. The second-order valence-electron chi connectivity index (χ2n) is 12.4. The van der Waals surface area contributed by atoms with E-state index in [1.54, 1.807) is 38.5 Å². The monoisotopic (exact) mass is 671 g/mol. The highest BCUT2D eigenvalue weighted by atomic mass is 16.5. The second-order valence-corrected chi connectivity index (χ2v) is 12.4. The van der Waals surface area contributed by atoms with Crippen LogP contribution in [0.15, 0.2) is 59.4 Å². The Morgan fingerprint density at radius 3 is 2.31 bits per heavy atom.